The summed E-state index contributed by atoms with van der Waals surface area (Å²) in [7, 11) is -1.27. The van der Waals surface area contributed by atoms with Crippen LogP contribution in [-0.2, 0) is 10.0 Å². The molecule has 0 spiro atoms. The first-order chi connectivity index (χ1) is 7.19. The Kier molecular flexibility index (Phi) is 4.06. The molecule has 0 N–H and O–H groups in total. The molecule has 4 heteroatoms. The summed E-state index contributed by atoms with van der Waals surface area (Å²) < 4.78 is 25.6. The molecule has 0 aromatic heterocycles. The molecular formula is C12H25NO2S. The standard InChI is InChI=1S/C12H25NO2S/c1-6-10(12(2,3)4)9-13(5)16(14,15)11-7-8-11/h10-11H,6-9H2,1-5H3. The molecule has 1 aliphatic rings. The van der Waals surface area contributed by atoms with Crippen molar-refractivity contribution in [1.82, 2.24) is 4.31 Å². The zero-order valence-electron chi connectivity index (χ0n) is 11.2. The van der Waals surface area contributed by atoms with Gasteiger partial charge in [0.15, 0.2) is 0 Å². The van der Waals surface area contributed by atoms with Gasteiger partial charge in [0.1, 0.15) is 0 Å². The van der Waals surface area contributed by atoms with Gasteiger partial charge in [-0.1, -0.05) is 34.1 Å². The lowest BCUT2D eigenvalue weighted by Crippen LogP contribution is -2.38. The maximum atomic E-state index is 12.0. The van der Waals surface area contributed by atoms with Gasteiger partial charge in [-0.2, -0.15) is 0 Å². The van der Waals surface area contributed by atoms with Crippen molar-refractivity contribution in [2.45, 2.75) is 52.2 Å². The summed E-state index contributed by atoms with van der Waals surface area (Å²) in [6.45, 7) is 9.32. The fourth-order valence-electron chi connectivity index (χ4n) is 2.05. The van der Waals surface area contributed by atoms with Crippen LogP contribution in [0.15, 0.2) is 0 Å². The van der Waals surface area contributed by atoms with Crippen molar-refractivity contribution in [2.24, 2.45) is 11.3 Å². The molecule has 96 valence electrons. The molecule has 16 heavy (non-hydrogen) atoms. The summed E-state index contributed by atoms with van der Waals surface area (Å²) in [6, 6.07) is 0. The van der Waals surface area contributed by atoms with Gasteiger partial charge in [0.25, 0.3) is 0 Å². The highest BCUT2D eigenvalue weighted by atomic mass is 32.2. The highest BCUT2D eigenvalue weighted by molar-refractivity contribution is 7.90. The summed E-state index contributed by atoms with van der Waals surface area (Å²) >= 11 is 0. The molecule has 1 atom stereocenters. The summed E-state index contributed by atoms with van der Waals surface area (Å²) in [5.74, 6) is 0.422. The molecule has 0 heterocycles. The molecule has 0 aromatic carbocycles. The van der Waals surface area contributed by atoms with Crippen LogP contribution in [0.3, 0.4) is 0 Å². The second-order valence-corrected chi connectivity index (χ2v) is 8.32. The zero-order chi connectivity index (χ0) is 12.6. The van der Waals surface area contributed by atoms with E-state index in [9.17, 15) is 8.42 Å². The topological polar surface area (TPSA) is 37.4 Å². The first-order valence-corrected chi connectivity index (χ1v) is 7.65. The number of hydrogen-bond acceptors (Lipinski definition) is 2. The average Bonchev–Trinajstić information content (AvgIpc) is 2.94. The minimum absolute atomic E-state index is 0.0880. The van der Waals surface area contributed by atoms with Crippen molar-refractivity contribution >= 4 is 10.0 Å². The van der Waals surface area contributed by atoms with Gasteiger partial charge in [-0.05, 0) is 24.2 Å². The van der Waals surface area contributed by atoms with Crippen LogP contribution >= 0.6 is 0 Å². The molecule has 0 aliphatic heterocycles. The molecule has 0 bridgehead atoms. The Morgan fingerprint density at radius 1 is 1.31 bits per heavy atom. The van der Waals surface area contributed by atoms with E-state index in [-0.39, 0.29) is 10.7 Å². The monoisotopic (exact) mass is 247 g/mol. The quantitative estimate of drug-likeness (QED) is 0.748. The van der Waals surface area contributed by atoms with Crippen molar-refractivity contribution < 1.29 is 8.42 Å². The average molecular weight is 247 g/mol. The van der Waals surface area contributed by atoms with E-state index in [4.69, 9.17) is 0 Å². The van der Waals surface area contributed by atoms with E-state index in [1.165, 1.54) is 0 Å². The van der Waals surface area contributed by atoms with Crippen molar-refractivity contribution in [3.63, 3.8) is 0 Å². The minimum atomic E-state index is -3.00. The van der Waals surface area contributed by atoms with Gasteiger partial charge in [-0.25, -0.2) is 12.7 Å². The van der Waals surface area contributed by atoms with Crippen molar-refractivity contribution in [3.8, 4) is 0 Å². The van der Waals surface area contributed by atoms with E-state index in [1.807, 2.05) is 0 Å². The Morgan fingerprint density at radius 3 is 2.12 bits per heavy atom. The fraction of sp³-hybridized carbons (Fsp3) is 1.00. The number of rotatable bonds is 5. The van der Waals surface area contributed by atoms with E-state index >= 15 is 0 Å². The van der Waals surface area contributed by atoms with Crippen LogP contribution in [0, 0.1) is 11.3 Å². The van der Waals surface area contributed by atoms with Gasteiger partial charge in [0, 0.05) is 13.6 Å². The summed E-state index contributed by atoms with van der Waals surface area (Å²) in [6.07, 6.45) is 2.71. The highest BCUT2D eigenvalue weighted by Gasteiger charge is 2.39. The fourth-order valence-corrected chi connectivity index (χ4v) is 3.68. The first kappa shape index (κ1) is 14.0. The Bertz CT molecular complexity index is 325. The summed E-state index contributed by atoms with van der Waals surface area (Å²) in [5, 5.41) is -0.0880. The molecule has 1 unspecified atom stereocenters. The van der Waals surface area contributed by atoms with E-state index in [0.717, 1.165) is 19.3 Å². The predicted molar refractivity (Wildman–Crippen MR) is 67.8 cm³/mol. The van der Waals surface area contributed by atoms with Gasteiger partial charge in [-0.3, -0.25) is 0 Å². The van der Waals surface area contributed by atoms with Crippen LogP contribution < -0.4 is 0 Å². The Hall–Kier alpha value is -0.0900. The van der Waals surface area contributed by atoms with Gasteiger partial charge in [-0.15, -0.1) is 0 Å². The molecule has 0 radical (unpaired) electrons. The molecule has 0 aromatic rings. The molecule has 3 nitrogen and oxygen atoms in total. The third-order valence-electron chi connectivity index (χ3n) is 3.58. The third-order valence-corrected chi connectivity index (χ3v) is 5.91. The van der Waals surface area contributed by atoms with Gasteiger partial charge >= 0.3 is 0 Å². The molecule has 0 amide bonds. The molecule has 0 saturated heterocycles. The normalized spacial score (nSPS) is 20.1. The molecule has 1 aliphatic carbocycles. The highest BCUT2D eigenvalue weighted by Crippen LogP contribution is 2.33. The number of sulfonamides is 1. The van der Waals surface area contributed by atoms with Crippen molar-refractivity contribution in [3.05, 3.63) is 0 Å². The first-order valence-electron chi connectivity index (χ1n) is 6.14. The largest absolute Gasteiger partial charge is 0.216 e. The second-order valence-electron chi connectivity index (χ2n) is 6.00. The smallest absolute Gasteiger partial charge is 0.212 e. The lowest BCUT2D eigenvalue weighted by Gasteiger charge is -2.33. The summed E-state index contributed by atoms with van der Waals surface area (Å²) in [5.41, 5.74) is 0.169. The van der Waals surface area contributed by atoms with Crippen molar-refractivity contribution in [1.29, 1.82) is 0 Å². The van der Waals surface area contributed by atoms with Crippen molar-refractivity contribution in [2.75, 3.05) is 13.6 Å². The van der Waals surface area contributed by atoms with E-state index < -0.39 is 10.0 Å². The van der Waals surface area contributed by atoms with Gasteiger partial charge in [0.05, 0.1) is 5.25 Å². The second kappa shape index (κ2) is 4.65. The number of hydrogen-bond donors (Lipinski definition) is 0. The van der Waals surface area contributed by atoms with Gasteiger partial charge in [0.2, 0.25) is 10.0 Å². The third kappa shape index (κ3) is 3.20. The predicted octanol–water partition coefficient (Wildman–Crippen LogP) is 2.48. The maximum Gasteiger partial charge on any atom is 0.216 e. The Labute approximate surface area is 100 Å². The van der Waals surface area contributed by atoms with Crippen LogP contribution in [0.5, 0.6) is 0 Å². The van der Waals surface area contributed by atoms with Crippen LogP contribution in [0.4, 0.5) is 0 Å². The van der Waals surface area contributed by atoms with E-state index in [0.29, 0.717) is 12.5 Å². The van der Waals surface area contributed by atoms with E-state index in [2.05, 4.69) is 27.7 Å². The van der Waals surface area contributed by atoms with Crippen LogP contribution in [-0.4, -0.2) is 31.6 Å². The number of nitrogens with zero attached hydrogens (tertiary/aromatic N) is 1. The Morgan fingerprint density at radius 2 is 1.81 bits per heavy atom. The molecular weight excluding hydrogens is 222 g/mol. The molecule has 1 fully saturated rings. The Balaban J connectivity index is 2.65. The maximum absolute atomic E-state index is 12.0. The minimum Gasteiger partial charge on any atom is -0.212 e. The van der Waals surface area contributed by atoms with Crippen LogP contribution in [0.25, 0.3) is 0 Å². The molecule has 1 saturated carbocycles. The van der Waals surface area contributed by atoms with Gasteiger partial charge < -0.3 is 0 Å². The van der Waals surface area contributed by atoms with E-state index in [1.54, 1.807) is 11.4 Å². The summed E-state index contributed by atoms with van der Waals surface area (Å²) in [4.78, 5) is 0. The molecule has 1 rings (SSSR count). The van der Waals surface area contributed by atoms with Crippen LogP contribution in [0.1, 0.15) is 47.0 Å². The lowest BCUT2D eigenvalue weighted by atomic mass is 9.79. The zero-order valence-corrected chi connectivity index (χ0v) is 12.0. The van der Waals surface area contributed by atoms with Crippen LogP contribution in [0.2, 0.25) is 0 Å². The SMILES string of the molecule is CCC(CN(C)S(=O)(=O)C1CC1)C(C)(C)C. The lowest BCUT2D eigenvalue weighted by molar-refractivity contribution is 0.200.